The predicted molar refractivity (Wildman–Crippen MR) is 289 cm³/mol. The molecule has 0 aliphatic carbocycles. The van der Waals surface area contributed by atoms with Gasteiger partial charge in [0.05, 0.1) is 13.2 Å². The summed E-state index contributed by atoms with van der Waals surface area (Å²) in [7, 11) is -2.07. The average Bonchev–Trinajstić information content (AvgIpc) is 3.38. The van der Waals surface area contributed by atoms with Crippen LogP contribution in [0.5, 0.6) is 0 Å². The minimum absolute atomic E-state index is 0.0195. The topological polar surface area (TPSA) is 363 Å². The molecule has 28 heteroatoms. The molecule has 6 rings (SSSR count). The second kappa shape index (κ2) is 27.0. The van der Waals surface area contributed by atoms with Gasteiger partial charge < -0.3 is 62.5 Å². The molecule has 0 unspecified atom stereocenters. The standard InChI is InChI=1S/C48H60N16O10S2/c1-63(2)25-5-21-51-43-57-45(53-35-15-11-33(12-16-35)41(67)49-23-27-65)61-47(59-43)55-37-19-9-31(39(29-37)75(69,70)71)7-8-32-10-20-38(30-40(32)76(72,73)74)56-48-60-44(52-22-6-26-64(3)4)58-46(62-48)54-36-17-13-34(14-18-36)42(68)50-24-28-66/h7-20,29-30,65-66H,5-6,21-28H2,1-4H3,(H,49,67)(H,50,68)(H,69,70,71)(H,72,73,74)(H3,51,53,55,57,59,61)(H3,52,54,56,58,60,62). The number of nitrogens with one attached hydrogen (secondary N) is 8. The van der Waals surface area contributed by atoms with E-state index < -0.39 is 30.0 Å². The van der Waals surface area contributed by atoms with Gasteiger partial charge in [-0.3, -0.25) is 18.7 Å². The van der Waals surface area contributed by atoms with Crippen LogP contribution in [0.15, 0.2) is 94.7 Å². The van der Waals surface area contributed by atoms with E-state index in [0.29, 0.717) is 35.6 Å². The molecular weight excluding hydrogens is 1020 g/mol. The quantitative estimate of drug-likeness (QED) is 0.0188. The first-order valence-corrected chi connectivity index (χ1v) is 26.4. The van der Waals surface area contributed by atoms with E-state index in [0.717, 1.165) is 38.1 Å². The Bertz CT molecular complexity index is 2990. The van der Waals surface area contributed by atoms with Gasteiger partial charge in [-0.25, -0.2) is 0 Å². The maximum atomic E-state index is 12.9. The van der Waals surface area contributed by atoms with Crippen LogP contribution in [-0.2, 0) is 20.2 Å². The lowest BCUT2D eigenvalue weighted by molar-refractivity contribution is 0.0937. The van der Waals surface area contributed by atoms with Gasteiger partial charge in [0.15, 0.2) is 0 Å². The number of carbonyl (C=O) groups excluding carboxylic acids is 2. The largest absolute Gasteiger partial charge is 0.395 e. The molecule has 404 valence electrons. The van der Waals surface area contributed by atoms with Gasteiger partial charge in [-0.1, -0.05) is 24.3 Å². The Balaban J connectivity index is 1.24. The molecule has 2 amide bonds. The first-order chi connectivity index (χ1) is 36.3. The SMILES string of the molecule is CN(C)CCCNc1nc(Nc2ccc(C(=O)NCCO)cc2)nc(Nc2ccc(C=Cc3ccc(Nc4nc(NCCCN(C)C)nc(Nc5ccc(C(=O)NCCO)cc5)n4)cc3S(=O)(=O)O)c(S(=O)(=O)O)c2)n1. The first-order valence-electron chi connectivity index (χ1n) is 23.5. The summed E-state index contributed by atoms with van der Waals surface area (Å²) in [6, 6.07) is 20.8. The number of anilines is 10. The van der Waals surface area contributed by atoms with Crippen molar-refractivity contribution in [3.63, 3.8) is 0 Å². The number of aromatic nitrogens is 6. The second-order valence-corrected chi connectivity index (χ2v) is 20.0. The van der Waals surface area contributed by atoms with Crippen LogP contribution in [0.3, 0.4) is 0 Å². The highest BCUT2D eigenvalue weighted by Crippen LogP contribution is 2.29. The molecule has 26 nitrogen and oxygen atoms in total. The fourth-order valence-corrected chi connectivity index (χ4v) is 8.34. The van der Waals surface area contributed by atoms with E-state index in [1.165, 1.54) is 36.4 Å². The van der Waals surface area contributed by atoms with E-state index in [2.05, 4.69) is 72.4 Å². The molecule has 12 N–H and O–H groups in total. The molecule has 0 aliphatic heterocycles. The van der Waals surface area contributed by atoms with Gasteiger partial charge in [0.25, 0.3) is 32.1 Å². The number of hydrogen-bond donors (Lipinski definition) is 12. The summed E-state index contributed by atoms with van der Waals surface area (Å²) >= 11 is 0. The zero-order valence-corrected chi connectivity index (χ0v) is 43.6. The molecule has 0 saturated carbocycles. The minimum atomic E-state index is -4.92. The maximum Gasteiger partial charge on any atom is 0.295 e. The summed E-state index contributed by atoms with van der Waals surface area (Å²) in [5, 5.41) is 41.6. The maximum absolute atomic E-state index is 12.9. The molecule has 0 fully saturated rings. The summed E-state index contributed by atoms with van der Waals surface area (Å²) < 4.78 is 72.2. The van der Waals surface area contributed by atoms with Crippen molar-refractivity contribution in [2.45, 2.75) is 22.6 Å². The van der Waals surface area contributed by atoms with Crippen LogP contribution in [0.2, 0.25) is 0 Å². The van der Waals surface area contributed by atoms with Gasteiger partial charge in [0.2, 0.25) is 35.7 Å². The predicted octanol–water partition coefficient (Wildman–Crippen LogP) is 3.87. The number of carbonyl (C=O) groups is 2. The number of hydrogen-bond acceptors (Lipinski definition) is 22. The van der Waals surface area contributed by atoms with Gasteiger partial charge in [-0.05, 0) is 138 Å². The van der Waals surface area contributed by atoms with Crippen molar-refractivity contribution < 1.29 is 45.7 Å². The molecule has 0 saturated heterocycles. The average molecular weight is 1090 g/mol. The van der Waals surface area contributed by atoms with Crippen molar-refractivity contribution in [2.24, 2.45) is 0 Å². The normalized spacial score (nSPS) is 11.7. The van der Waals surface area contributed by atoms with Crippen molar-refractivity contribution >= 4 is 103 Å². The fourth-order valence-electron chi connectivity index (χ4n) is 6.92. The van der Waals surface area contributed by atoms with E-state index in [4.69, 9.17) is 10.2 Å². The summed E-state index contributed by atoms with van der Waals surface area (Å²) in [6.07, 6.45) is 3.99. The fraction of sp³-hybridized carbons (Fsp3) is 0.292. The Morgan fingerprint density at radius 2 is 0.789 bits per heavy atom. The Morgan fingerprint density at radius 3 is 1.11 bits per heavy atom. The smallest absolute Gasteiger partial charge is 0.295 e. The molecule has 0 atom stereocenters. The third kappa shape index (κ3) is 17.9. The van der Waals surface area contributed by atoms with E-state index >= 15 is 0 Å². The van der Waals surface area contributed by atoms with Gasteiger partial charge in [-0.15, -0.1) is 0 Å². The highest BCUT2D eigenvalue weighted by Gasteiger charge is 2.20. The summed E-state index contributed by atoms with van der Waals surface area (Å²) in [5.74, 6) is -0.250. The van der Waals surface area contributed by atoms with Gasteiger partial charge in [-0.2, -0.15) is 46.7 Å². The number of aliphatic hydroxyl groups is 2. The Hall–Kier alpha value is -7.96. The molecular formula is C48H60N16O10S2. The van der Waals surface area contributed by atoms with E-state index in [9.17, 15) is 35.5 Å². The zero-order chi connectivity index (χ0) is 54.8. The number of aliphatic hydroxyl groups excluding tert-OH is 2. The van der Waals surface area contributed by atoms with Crippen LogP contribution < -0.4 is 42.5 Å². The molecule has 4 aromatic carbocycles. The Kier molecular flexibility index (Phi) is 20.4. The van der Waals surface area contributed by atoms with Crippen molar-refractivity contribution in [3.05, 3.63) is 107 Å². The third-order valence-corrected chi connectivity index (χ3v) is 12.4. The minimum Gasteiger partial charge on any atom is -0.395 e. The first kappa shape index (κ1) is 57.3. The third-order valence-electron chi connectivity index (χ3n) is 10.5. The van der Waals surface area contributed by atoms with Crippen LogP contribution in [0, 0.1) is 0 Å². The number of benzene rings is 4. The lowest BCUT2D eigenvalue weighted by Gasteiger charge is -2.14. The number of nitrogens with zero attached hydrogens (tertiary/aromatic N) is 8. The van der Waals surface area contributed by atoms with Crippen LogP contribution >= 0.6 is 0 Å². The molecule has 2 aromatic heterocycles. The highest BCUT2D eigenvalue weighted by atomic mass is 32.2. The van der Waals surface area contributed by atoms with E-state index in [1.807, 2.05) is 38.0 Å². The van der Waals surface area contributed by atoms with Crippen LogP contribution in [0.4, 0.5) is 58.4 Å². The second-order valence-electron chi connectivity index (χ2n) is 17.2. The van der Waals surface area contributed by atoms with Crippen LogP contribution in [0.25, 0.3) is 12.2 Å². The number of rotatable bonds is 28. The zero-order valence-electron chi connectivity index (χ0n) is 41.9. The molecule has 0 radical (unpaired) electrons. The highest BCUT2D eigenvalue weighted by molar-refractivity contribution is 7.86. The Morgan fingerprint density at radius 1 is 0.474 bits per heavy atom. The van der Waals surface area contributed by atoms with Gasteiger partial charge in [0, 0.05) is 60.1 Å². The van der Waals surface area contributed by atoms with Gasteiger partial charge >= 0.3 is 0 Å². The molecule has 76 heavy (non-hydrogen) atoms. The van der Waals surface area contributed by atoms with Crippen molar-refractivity contribution in [2.75, 3.05) is 113 Å². The number of amides is 2. The van der Waals surface area contributed by atoms with E-state index in [1.54, 1.807) is 48.5 Å². The molecule has 0 spiro atoms. The monoisotopic (exact) mass is 1080 g/mol. The Labute approximate surface area is 439 Å². The summed E-state index contributed by atoms with van der Waals surface area (Å²) in [5.41, 5.74) is 1.92. The van der Waals surface area contributed by atoms with E-state index in [-0.39, 0.29) is 96.3 Å². The molecule has 0 bridgehead atoms. The molecule has 0 aliphatic rings. The van der Waals surface area contributed by atoms with Gasteiger partial charge in [0.1, 0.15) is 9.79 Å². The summed E-state index contributed by atoms with van der Waals surface area (Å²) in [4.78, 5) is 54.3. The van der Waals surface area contributed by atoms with Crippen LogP contribution in [0.1, 0.15) is 44.7 Å². The lowest BCUT2D eigenvalue weighted by Crippen LogP contribution is -2.26. The van der Waals surface area contributed by atoms with Crippen molar-refractivity contribution in [1.82, 2.24) is 50.3 Å². The molecule has 2 heterocycles. The van der Waals surface area contributed by atoms with Crippen molar-refractivity contribution in [1.29, 1.82) is 0 Å². The van der Waals surface area contributed by atoms with Crippen molar-refractivity contribution in [3.8, 4) is 0 Å². The lowest BCUT2D eigenvalue weighted by atomic mass is 10.1. The van der Waals surface area contributed by atoms with Crippen LogP contribution in [-0.4, -0.2) is 168 Å². The summed E-state index contributed by atoms with van der Waals surface area (Å²) in [6.45, 7) is 2.34. The molecule has 6 aromatic rings.